The summed E-state index contributed by atoms with van der Waals surface area (Å²) in [5.74, 6) is -0.223. The van der Waals surface area contributed by atoms with Gasteiger partial charge in [0.25, 0.3) is 0 Å². The van der Waals surface area contributed by atoms with Crippen LogP contribution in [0, 0.1) is 5.92 Å². The monoisotopic (exact) mass is 264 g/mol. The van der Waals surface area contributed by atoms with Crippen molar-refractivity contribution in [2.75, 3.05) is 24.4 Å². The number of amides is 2. The highest BCUT2D eigenvalue weighted by atomic mass is 16.5. The van der Waals surface area contributed by atoms with E-state index in [0.29, 0.717) is 5.69 Å². The third kappa shape index (κ3) is 5.09. The molecule has 0 aliphatic rings. The van der Waals surface area contributed by atoms with E-state index in [-0.39, 0.29) is 24.3 Å². The molecular formula is C14H20N2O3. The molecule has 104 valence electrons. The standard InChI is InChI=1S/C14H20N2O3/c1-4-10(2)14(18)16-12-7-5-11(6-8-12)15-13(17)9-19-3/h5-8,10H,4,9H2,1-3H3,(H,15,17)(H,16,18)/t10-/m1/s1. The lowest BCUT2D eigenvalue weighted by Crippen LogP contribution is -2.20. The topological polar surface area (TPSA) is 67.4 Å². The van der Waals surface area contributed by atoms with Crippen LogP contribution in [0.15, 0.2) is 24.3 Å². The predicted octanol–water partition coefficient (Wildman–Crippen LogP) is 2.26. The van der Waals surface area contributed by atoms with E-state index in [4.69, 9.17) is 4.74 Å². The van der Waals surface area contributed by atoms with Gasteiger partial charge in [-0.05, 0) is 30.7 Å². The smallest absolute Gasteiger partial charge is 0.250 e. The van der Waals surface area contributed by atoms with Crippen LogP contribution >= 0.6 is 0 Å². The molecule has 1 aromatic rings. The van der Waals surface area contributed by atoms with Crippen molar-refractivity contribution in [3.63, 3.8) is 0 Å². The molecule has 1 aromatic carbocycles. The van der Waals surface area contributed by atoms with Crippen LogP contribution in [-0.2, 0) is 14.3 Å². The number of rotatable bonds is 6. The molecule has 0 radical (unpaired) electrons. The Morgan fingerprint density at radius 3 is 2.16 bits per heavy atom. The first-order chi connectivity index (χ1) is 9.06. The van der Waals surface area contributed by atoms with Crippen LogP contribution in [0.5, 0.6) is 0 Å². The summed E-state index contributed by atoms with van der Waals surface area (Å²) in [5, 5.41) is 5.50. The van der Waals surface area contributed by atoms with E-state index in [1.165, 1.54) is 7.11 Å². The Hall–Kier alpha value is -1.88. The zero-order chi connectivity index (χ0) is 14.3. The number of nitrogens with one attached hydrogen (secondary N) is 2. The average Bonchev–Trinajstić information content (AvgIpc) is 2.40. The average molecular weight is 264 g/mol. The Morgan fingerprint density at radius 1 is 1.16 bits per heavy atom. The molecule has 1 rings (SSSR count). The lowest BCUT2D eigenvalue weighted by molar-refractivity contribution is -0.120. The van der Waals surface area contributed by atoms with Gasteiger partial charge in [0.05, 0.1) is 0 Å². The second kappa shape index (κ2) is 7.53. The van der Waals surface area contributed by atoms with Crippen LogP contribution in [0.2, 0.25) is 0 Å². The molecule has 1 atom stereocenters. The van der Waals surface area contributed by atoms with Crippen molar-refractivity contribution in [3.8, 4) is 0 Å². The summed E-state index contributed by atoms with van der Waals surface area (Å²) in [7, 11) is 1.47. The van der Waals surface area contributed by atoms with E-state index in [0.717, 1.165) is 12.1 Å². The van der Waals surface area contributed by atoms with E-state index >= 15 is 0 Å². The summed E-state index contributed by atoms with van der Waals surface area (Å²) in [5.41, 5.74) is 1.39. The molecule has 5 nitrogen and oxygen atoms in total. The van der Waals surface area contributed by atoms with Gasteiger partial charge in [-0.2, -0.15) is 0 Å². The number of carbonyl (C=O) groups is 2. The van der Waals surface area contributed by atoms with Gasteiger partial charge in [-0.25, -0.2) is 0 Å². The Bertz CT molecular complexity index is 429. The third-order valence-corrected chi connectivity index (χ3v) is 2.77. The van der Waals surface area contributed by atoms with Gasteiger partial charge in [0, 0.05) is 24.4 Å². The van der Waals surface area contributed by atoms with Crippen molar-refractivity contribution in [1.29, 1.82) is 0 Å². The molecule has 2 N–H and O–H groups in total. The quantitative estimate of drug-likeness (QED) is 0.828. The minimum absolute atomic E-state index is 0.00123. The van der Waals surface area contributed by atoms with Gasteiger partial charge < -0.3 is 15.4 Å². The molecule has 0 bridgehead atoms. The lowest BCUT2D eigenvalue weighted by atomic mass is 10.1. The zero-order valence-electron chi connectivity index (χ0n) is 11.5. The number of anilines is 2. The lowest BCUT2D eigenvalue weighted by Gasteiger charge is -2.10. The first-order valence-electron chi connectivity index (χ1n) is 6.26. The van der Waals surface area contributed by atoms with Crippen LogP contribution in [0.1, 0.15) is 20.3 Å². The van der Waals surface area contributed by atoms with Crippen molar-refractivity contribution in [1.82, 2.24) is 0 Å². The van der Waals surface area contributed by atoms with Crippen molar-refractivity contribution in [2.45, 2.75) is 20.3 Å². The molecule has 19 heavy (non-hydrogen) atoms. The highest BCUT2D eigenvalue weighted by molar-refractivity contribution is 5.94. The molecule has 0 saturated carbocycles. The van der Waals surface area contributed by atoms with Crippen LogP contribution in [0.3, 0.4) is 0 Å². The fourth-order valence-electron chi connectivity index (χ4n) is 1.42. The number of benzene rings is 1. The number of carbonyl (C=O) groups excluding carboxylic acids is 2. The van der Waals surface area contributed by atoms with E-state index in [9.17, 15) is 9.59 Å². The Morgan fingerprint density at radius 2 is 1.68 bits per heavy atom. The molecule has 5 heteroatoms. The molecule has 0 aliphatic carbocycles. The fraction of sp³-hybridized carbons (Fsp3) is 0.429. The maximum absolute atomic E-state index is 11.7. The van der Waals surface area contributed by atoms with E-state index in [2.05, 4.69) is 10.6 Å². The summed E-state index contributed by atoms with van der Waals surface area (Å²) in [6.07, 6.45) is 0.803. The van der Waals surface area contributed by atoms with Gasteiger partial charge in [0.2, 0.25) is 11.8 Å². The summed E-state index contributed by atoms with van der Waals surface area (Å²) in [6, 6.07) is 6.98. The second-order valence-corrected chi connectivity index (χ2v) is 4.36. The van der Waals surface area contributed by atoms with Crippen LogP contribution in [0.25, 0.3) is 0 Å². The van der Waals surface area contributed by atoms with Crippen molar-refractivity contribution < 1.29 is 14.3 Å². The molecule has 0 saturated heterocycles. The molecule has 0 heterocycles. The molecule has 0 aromatic heterocycles. The van der Waals surface area contributed by atoms with Crippen LogP contribution in [0.4, 0.5) is 11.4 Å². The Labute approximate surface area is 113 Å². The van der Waals surface area contributed by atoms with Crippen LogP contribution < -0.4 is 10.6 Å². The van der Waals surface area contributed by atoms with Gasteiger partial charge >= 0.3 is 0 Å². The van der Waals surface area contributed by atoms with Gasteiger partial charge in [0.15, 0.2) is 0 Å². The molecular weight excluding hydrogens is 244 g/mol. The fourth-order valence-corrected chi connectivity index (χ4v) is 1.42. The number of methoxy groups -OCH3 is 1. The van der Waals surface area contributed by atoms with Crippen molar-refractivity contribution in [3.05, 3.63) is 24.3 Å². The maximum atomic E-state index is 11.7. The third-order valence-electron chi connectivity index (χ3n) is 2.77. The number of hydrogen-bond donors (Lipinski definition) is 2. The van der Waals surface area contributed by atoms with E-state index in [1.54, 1.807) is 24.3 Å². The first-order valence-corrected chi connectivity index (χ1v) is 6.26. The summed E-state index contributed by atoms with van der Waals surface area (Å²) in [6.45, 7) is 3.87. The molecule has 0 fully saturated rings. The highest BCUT2D eigenvalue weighted by Gasteiger charge is 2.10. The minimum atomic E-state index is -0.209. The van der Waals surface area contributed by atoms with Gasteiger partial charge in [-0.3, -0.25) is 9.59 Å². The van der Waals surface area contributed by atoms with Gasteiger partial charge in [0.1, 0.15) is 6.61 Å². The maximum Gasteiger partial charge on any atom is 0.250 e. The highest BCUT2D eigenvalue weighted by Crippen LogP contribution is 2.15. The predicted molar refractivity (Wildman–Crippen MR) is 75.0 cm³/mol. The second-order valence-electron chi connectivity index (χ2n) is 4.36. The largest absolute Gasteiger partial charge is 0.375 e. The molecule has 0 unspecified atom stereocenters. The minimum Gasteiger partial charge on any atom is -0.375 e. The summed E-state index contributed by atoms with van der Waals surface area (Å²) < 4.78 is 4.72. The summed E-state index contributed by atoms with van der Waals surface area (Å²) >= 11 is 0. The number of ether oxygens (including phenoxy) is 1. The first kappa shape index (κ1) is 15.2. The van der Waals surface area contributed by atoms with Gasteiger partial charge in [-0.1, -0.05) is 13.8 Å². The zero-order valence-corrected chi connectivity index (χ0v) is 11.5. The summed E-state index contributed by atoms with van der Waals surface area (Å²) in [4.78, 5) is 23.0. The van der Waals surface area contributed by atoms with Crippen molar-refractivity contribution >= 4 is 23.2 Å². The van der Waals surface area contributed by atoms with E-state index < -0.39 is 0 Å². The van der Waals surface area contributed by atoms with Gasteiger partial charge in [-0.15, -0.1) is 0 Å². The normalized spacial score (nSPS) is 11.7. The molecule has 2 amide bonds. The SMILES string of the molecule is CC[C@@H](C)C(=O)Nc1ccc(NC(=O)COC)cc1. The van der Waals surface area contributed by atoms with Crippen molar-refractivity contribution in [2.24, 2.45) is 5.92 Å². The van der Waals surface area contributed by atoms with E-state index in [1.807, 2.05) is 13.8 Å². The molecule has 0 aliphatic heterocycles. The Balaban J connectivity index is 2.56. The van der Waals surface area contributed by atoms with Crippen LogP contribution in [-0.4, -0.2) is 25.5 Å². The molecule has 0 spiro atoms. The Kier molecular flexibility index (Phi) is 6.02. The number of hydrogen-bond acceptors (Lipinski definition) is 3.